The van der Waals surface area contributed by atoms with Gasteiger partial charge in [0, 0.05) is 32.0 Å². The molecule has 2 amide bonds. The molecule has 0 saturated heterocycles. The Kier molecular flexibility index (Phi) is 7.28. The van der Waals surface area contributed by atoms with E-state index in [0.29, 0.717) is 0 Å². The Morgan fingerprint density at radius 2 is 1.77 bits per heavy atom. The van der Waals surface area contributed by atoms with Crippen molar-refractivity contribution in [1.82, 2.24) is 4.90 Å². The number of esters is 1. The summed E-state index contributed by atoms with van der Waals surface area (Å²) in [6, 6.07) is 13.7. The average Bonchev–Trinajstić information content (AvgIpc) is 2.81. The lowest BCUT2D eigenvalue weighted by molar-refractivity contribution is -0.152. The number of benzene rings is 2. The zero-order valence-electron chi connectivity index (χ0n) is 17.9. The van der Waals surface area contributed by atoms with E-state index >= 15 is 0 Å². The van der Waals surface area contributed by atoms with E-state index in [-0.39, 0.29) is 19.0 Å². The molecule has 0 radical (unpaired) electrons. The second-order valence-electron chi connectivity index (χ2n) is 7.61. The summed E-state index contributed by atoms with van der Waals surface area (Å²) < 4.78 is 5.57. The molecule has 8 heteroatoms. The first-order chi connectivity index (χ1) is 14.7. The zero-order valence-corrected chi connectivity index (χ0v) is 19.5. The van der Waals surface area contributed by atoms with Crippen LogP contribution in [0.1, 0.15) is 28.9 Å². The molecule has 1 heterocycles. The quantitative estimate of drug-likeness (QED) is 0.367. The minimum Gasteiger partial charge on any atom is -0.451 e. The number of hydrogen-bond donors (Lipinski definition) is 0. The summed E-state index contributed by atoms with van der Waals surface area (Å²) in [5.41, 5.74) is 3.78. The molecule has 2 atom stereocenters. The summed E-state index contributed by atoms with van der Waals surface area (Å²) in [4.78, 5) is 40.8. The number of amides is 2. The molecule has 0 unspecified atom stereocenters. The summed E-state index contributed by atoms with van der Waals surface area (Å²) in [7, 11) is 1.57. The van der Waals surface area contributed by atoms with Gasteiger partial charge in [0.15, 0.2) is 6.10 Å². The minimum absolute atomic E-state index is 0.225. The maximum Gasteiger partial charge on any atom is 0.316 e. The van der Waals surface area contributed by atoms with Crippen molar-refractivity contribution in [3.63, 3.8) is 0 Å². The number of aryl methyl sites for hydroxylation is 2. The highest BCUT2D eigenvalue weighted by molar-refractivity contribution is 7.99. The molecule has 0 spiro atoms. The van der Waals surface area contributed by atoms with Crippen LogP contribution in [0.5, 0.6) is 0 Å². The van der Waals surface area contributed by atoms with Gasteiger partial charge in [0.2, 0.25) is 0 Å². The van der Waals surface area contributed by atoms with Gasteiger partial charge in [-0.15, -0.1) is 11.8 Å². The van der Waals surface area contributed by atoms with Gasteiger partial charge < -0.3 is 14.5 Å². The van der Waals surface area contributed by atoms with Gasteiger partial charge in [-0.2, -0.15) is 0 Å². The predicted octanol–water partition coefficient (Wildman–Crippen LogP) is 4.71. The smallest absolute Gasteiger partial charge is 0.316 e. The van der Waals surface area contributed by atoms with Crippen LogP contribution >= 0.6 is 23.4 Å². The normalized spacial score (nSPS) is 18.2. The first-order valence-electron chi connectivity index (χ1n) is 9.90. The molecule has 1 aliphatic heterocycles. The number of halogens is 1. The number of ether oxygens (including phenoxy) is 1. The molecule has 0 aliphatic carbocycles. The van der Waals surface area contributed by atoms with Gasteiger partial charge in [-0.3, -0.25) is 14.4 Å². The maximum atomic E-state index is 13.7. The first-order valence-corrected chi connectivity index (χ1v) is 11.2. The fourth-order valence-electron chi connectivity index (χ4n) is 3.40. The van der Waals surface area contributed by atoms with E-state index in [1.54, 1.807) is 11.9 Å². The van der Waals surface area contributed by atoms with Crippen LogP contribution < -0.4 is 4.90 Å². The van der Waals surface area contributed by atoms with Crippen molar-refractivity contribution in [1.29, 1.82) is 0 Å². The molecule has 2 aromatic carbocycles. The number of carbonyl (C=O) groups is 3. The van der Waals surface area contributed by atoms with E-state index in [2.05, 4.69) is 0 Å². The Bertz CT molecular complexity index is 996. The highest BCUT2D eigenvalue weighted by Crippen LogP contribution is 2.47. The number of fused-ring (bicyclic) bond motifs is 1. The largest absolute Gasteiger partial charge is 0.451 e. The van der Waals surface area contributed by atoms with Crippen LogP contribution in [0.4, 0.5) is 10.5 Å². The van der Waals surface area contributed by atoms with E-state index in [1.807, 2.05) is 56.3 Å². The Morgan fingerprint density at radius 3 is 2.39 bits per heavy atom. The predicted molar refractivity (Wildman–Crippen MR) is 123 cm³/mol. The van der Waals surface area contributed by atoms with Gasteiger partial charge in [0.25, 0.3) is 5.91 Å². The SMILES string of the molecule is CC(=O)O[C@@H]1C(=O)N(CCN(C)C(=O)Cl)c2ccc(C)cc2S[C@@H]1c1ccc(C)cc1. The maximum absolute atomic E-state index is 13.7. The Labute approximate surface area is 191 Å². The van der Waals surface area contributed by atoms with Crippen LogP contribution in [0.3, 0.4) is 0 Å². The van der Waals surface area contributed by atoms with Crippen LogP contribution in [0.15, 0.2) is 47.4 Å². The van der Waals surface area contributed by atoms with Gasteiger partial charge >= 0.3 is 11.3 Å². The van der Waals surface area contributed by atoms with E-state index < -0.39 is 22.7 Å². The van der Waals surface area contributed by atoms with E-state index in [0.717, 1.165) is 27.3 Å². The number of likely N-dealkylation sites (N-methyl/N-ethyl adjacent to an activating group) is 1. The van der Waals surface area contributed by atoms with Crippen molar-refractivity contribution in [2.75, 3.05) is 25.0 Å². The summed E-state index contributed by atoms with van der Waals surface area (Å²) >= 11 is 7.06. The molecule has 0 saturated carbocycles. The molecule has 0 fully saturated rings. The van der Waals surface area contributed by atoms with Crippen molar-refractivity contribution >= 4 is 46.3 Å². The summed E-state index contributed by atoms with van der Waals surface area (Å²) in [6.07, 6.45) is -1.00. The van der Waals surface area contributed by atoms with Gasteiger partial charge in [0.1, 0.15) is 0 Å². The molecule has 0 N–H and O–H groups in total. The van der Waals surface area contributed by atoms with E-state index in [4.69, 9.17) is 16.3 Å². The molecule has 31 heavy (non-hydrogen) atoms. The second-order valence-corrected chi connectivity index (χ2v) is 9.12. The topological polar surface area (TPSA) is 66.9 Å². The van der Waals surface area contributed by atoms with Crippen molar-refractivity contribution in [3.8, 4) is 0 Å². The van der Waals surface area contributed by atoms with Gasteiger partial charge in [0.05, 0.1) is 10.9 Å². The molecular weight excluding hydrogens is 436 g/mol. The Balaban J connectivity index is 2.07. The van der Waals surface area contributed by atoms with Gasteiger partial charge in [-0.1, -0.05) is 35.9 Å². The lowest BCUT2D eigenvalue weighted by Crippen LogP contribution is -2.45. The number of carbonyl (C=O) groups excluding carboxylic acids is 3. The molecule has 0 aromatic heterocycles. The zero-order chi connectivity index (χ0) is 22.7. The summed E-state index contributed by atoms with van der Waals surface area (Å²) in [6.45, 7) is 5.75. The number of nitrogens with zero attached hydrogens (tertiary/aromatic N) is 2. The van der Waals surface area contributed by atoms with Crippen LogP contribution in [0, 0.1) is 13.8 Å². The van der Waals surface area contributed by atoms with Crippen LogP contribution in [0.2, 0.25) is 0 Å². The third kappa shape index (κ3) is 5.40. The molecule has 6 nitrogen and oxygen atoms in total. The molecule has 2 aromatic rings. The monoisotopic (exact) mass is 460 g/mol. The Hall–Kier alpha value is -2.51. The van der Waals surface area contributed by atoms with Crippen molar-refractivity contribution in [3.05, 3.63) is 59.2 Å². The number of rotatable bonds is 5. The lowest BCUT2D eigenvalue weighted by Gasteiger charge is -2.28. The average molecular weight is 461 g/mol. The van der Waals surface area contributed by atoms with Gasteiger partial charge in [-0.25, -0.2) is 0 Å². The lowest BCUT2D eigenvalue weighted by atomic mass is 10.0. The van der Waals surface area contributed by atoms with Crippen molar-refractivity contribution in [2.24, 2.45) is 0 Å². The third-order valence-electron chi connectivity index (χ3n) is 5.10. The second kappa shape index (κ2) is 9.75. The standard InChI is InChI=1S/C23H25ClN2O4S/c1-14-5-8-17(9-6-14)21-20(30-16(3)27)22(28)26(12-11-25(4)23(24)29)18-10-7-15(2)13-19(18)31-21/h5-10,13,20-21H,11-12H2,1-4H3/t20-,21+/m0/s1. The van der Waals surface area contributed by atoms with Gasteiger partial charge in [-0.05, 0) is 48.7 Å². The summed E-state index contributed by atoms with van der Waals surface area (Å²) in [5, 5.41) is -1.01. The van der Waals surface area contributed by atoms with Crippen LogP contribution in [-0.4, -0.2) is 48.4 Å². The molecule has 1 aliphatic rings. The number of anilines is 1. The summed E-state index contributed by atoms with van der Waals surface area (Å²) in [5.74, 6) is -0.850. The molecular formula is C23H25ClN2O4S. The first kappa shape index (κ1) is 23.2. The minimum atomic E-state index is -1.00. The number of thioether (sulfide) groups is 1. The highest BCUT2D eigenvalue weighted by Gasteiger charge is 2.40. The third-order valence-corrected chi connectivity index (χ3v) is 6.75. The molecule has 164 valence electrons. The molecule has 3 rings (SSSR count). The van der Waals surface area contributed by atoms with E-state index in [1.165, 1.54) is 23.6 Å². The Morgan fingerprint density at radius 1 is 1.13 bits per heavy atom. The van der Waals surface area contributed by atoms with Crippen LogP contribution in [-0.2, 0) is 14.3 Å². The highest BCUT2D eigenvalue weighted by atomic mass is 35.5. The van der Waals surface area contributed by atoms with Crippen LogP contribution in [0.25, 0.3) is 0 Å². The fourth-order valence-corrected chi connectivity index (χ4v) is 4.90. The van der Waals surface area contributed by atoms with Crippen molar-refractivity contribution < 1.29 is 19.1 Å². The van der Waals surface area contributed by atoms with E-state index in [9.17, 15) is 14.4 Å². The fraction of sp³-hybridized carbons (Fsp3) is 0.348. The molecule has 0 bridgehead atoms. The van der Waals surface area contributed by atoms with Crippen molar-refractivity contribution in [2.45, 2.75) is 37.0 Å². The number of hydrogen-bond acceptors (Lipinski definition) is 5.